The number of aryl methyl sites for hydroxylation is 2. The van der Waals surface area contributed by atoms with E-state index in [1.807, 2.05) is 31.2 Å². The predicted octanol–water partition coefficient (Wildman–Crippen LogP) is 2.25. The molecule has 1 aromatic heterocycles. The van der Waals surface area contributed by atoms with Crippen LogP contribution in [0.5, 0.6) is 0 Å². The van der Waals surface area contributed by atoms with Gasteiger partial charge in [0.2, 0.25) is 5.91 Å². The van der Waals surface area contributed by atoms with Crippen molar-refractivity contribution in [2.24, 2.45) is 0 Å². The summed E-state index contributed by atoms with van der Waals surface area (Å²) in [5, 5.41) is 2.62. The fraction of sp³-hybridized carbons (Fsp3) is 0.200. The molecule has 1 aromatic carbocycles. The summed E-state index contributed by atoms with van der Waals surface area (Å²) in [7, 11) is 0. The molecular weight excluding hydrogens is 240 g/mol. The maximum absolute atomic E-state index is 11.8. The molecule has 0 saturated carbocycles. The van der Waals surface area contributed by atoms with Gasteiger partial charge < -0.3 is 10.3 Å². The number of carbonyl (C=O) groups is 1. The third-order valence-electron chi connectivity index (χ3n) is 2.97. The maximum atomic E-state index is 11.8. The highest BCUT2D eigenvalue weighted by Gasteiger charge is 2.06. The first-order chi connectivity index (χ1) is 9.16. The normalized spacial score (nSPS) is 10.2. The SMILES string of the molecule is Cc1ccccc1CCC(=O)Nc1ccc[nH]c1=O. The summed E-state index contributed by atoms with van der Waals surface area (Å²) in [4.78, 5) is 25.7. The molecular formula is C15H16N2O2. The highest BCUT2D eigenvalue weighted by molar-refractivity contribution is 5.90. The number of amides is 1. The van der Waals surface area contributed by atoms with Crippen LogP contribution in [0.1, 0.15) is 17.5 Å². The summed E-state index contributed by atoms with van der Waals surface area (Å²) in [5.41, 5.74) is 2.33. The second-order valence-electron chi connectivity index (χ2n) is 4.39. The molecule has 0 bridgehead atoms. The zero-order valence-corrected chi connectivity index (χ0v) is 10.8. The molecule has 1 heterocycles. The van der Waals surface area contributed by atoms with E-state index < -0.39 is 0 Å². The summed E-state index contributed by atoms with van der Waals surface area (Å²) in [5.74, 6) is -0.153. The average molecular weight is 256 g/mol. The molecule has 0 atom stereocenters. The molecule has 0 aliphatic heterocycles. The fourth-order valence-corrected chi connectivity index (χ4v) is 1.87. The van der Waals surface area contributed by atoms with Crippen LogP contribution >= 0.6 is 0 Å². The Bertz CT molecular complexity index is 632. The van der Waals surface area contributed by atoms with Crippen LogP contribution in [0, 0.1) is 6.92 Å². The van der Waals surface area contributed by atoms with Crippen molar-refractivity contribution in [3.63, 3.8) is 0 Å². The Kier molecular flexibility index (Phi) is 4.13. The number of hydrogen-bond donors (Lipinski definition) is 2. The molecule has 4 heteroatoms. The number of anilines is 1. The minimum Gasteiger partial charge on any atom is -0.327 e. The minimum absolute atomic E-state index is 0.153. The highest BCUT2D eigenvalue weighted by atomic mass is 16.2. The van der Waals surface area contributed by atoms with E-state index in [0.29, 0.717) is 12.8 Å². The fourth-order valence-electron chi connectivity index (χ4n) is 1.87. The molecule has 0 aliphatic rings. The topological polar surface area (TPSA) is 62.0 Å². The minimum atomic E-state index is -0.285. The first kappa shape index (κ1) is 13.1. The number of carbonyl (C=O) groups excluding carboxylic acids is 1. The molecule has 0 saturated heterocycles. The first-order valence-electron chi connectivity index (χ1n) is 6.19. The van der Waals surface area contributed by atoms with Gasteiger partial charge in [-0.3, -0.25) is 9.59 Å². The molecule has 4 nitrogen and oxygen atoms in total. The van der Waals surface area contributed by atoms with E-state index in [-0.39, 0.29) is 17.2 Å². The van der Waals surface area contributed by atoms with Crippen LogP contribution < -0.4 is 10.9 Å². The Morgan fingerprint density at radius 2 is 2.00 bits per heavy atom. The van der Waals surface area contributed by atoms with Gasteiger partial charge in [0.1, 0.15) is 5.69 Å². The third kappa shape index (κ3) is 3.55. The largest absolute Gasteiger partial charge is 0.327 e. The summed E-state index contributed by atoms with van der Waals surface area (Å²) >= 11 is 0. The Hall–Kier alpha value is -2.36. The van der Waals surface area contributed by atoms with Gasteiger partial charge in [0.15, 0.2) is 0 Å². The van der Waals surface area contributed by atoms with Gasteiger partial charge in [-0.15, -0.1) is 0 Å². The van der Waals surface area contributed by atoms with Crippen LogP contribution in [-0.2, 0) is 11.2 Å². The summed E-state index contributed by atoms with van der Waals surface area (Å²) in [6.45, 7) is 2.02. The van der Waals surface area contributed by atoms with Gasteiger partial charge >= 0.3 is 0 Å². The van der Waals surface area contributed by atoms with Gasteiger partial charge in [0.25, 0.3) is 5.56 Å². The van der Waals surface area contributed by atoms with Crippen molar-refractivity contribution in [3.05, 3.63) is 64.1 Å². The number of nitrogens with one attached hydrogen (secondary N) is 2. The number of hydrogen-bond acceptors (Lipinski definition) is 2. The zero-order chi connectivity index (χ0) is 13.7. The van der Waals surface area contributed by atoms with E-state index in [1.165, 1.54) is 11.8 Å². The Morgan fingerprint density at radius 1 is 1.21 bits per heavy atom. The molecule has 0 spiro atoms. The van der Waals surface area contributed by atoms with Crippen LogP contribution in [0.3, 0.4) is 0 Å². The van der Waals surface area contributed by atoms with Gasteiger partial charge in [0.05, 0.1) is 0 Å². The van der Waals surface area contributed by atoms with Gasteiger partial charge in [-0.2, -0.15) is 0 Å². The lowest BCUT2D eigenvalue weighted by Gasteiger charge is -2.06. The molecule has 2 rings (SSSR count). The molecule has 0 radical (unpaired) electrons. The monoisotopic (exact) mass is 256 g/mol. The number of aromatic nitrogens is 1. The maximum Gasteiger partial charge on any atom is 0.271 e. The predicted molar refractivity (Wildman–Crippen MR) is 75.2 cm³/mol. The lowest BCUT2D eigenvalue weighted by atomic mass is 10.0. The summed E-state index contributed by atoms with van der Waals surface area (Å²) in [6, 6.07) is 11.2. The van der Waals surface area contributed by atoms with Crippen molar-refractivity contribution in [1.29, 1.82) is 0 Å². The molecule has 1 amide bonds. The van der Waals surface area contributed by atoms with E-state index >= 15 is 0 Å². The Balaban J connectivity index is 1.94. The lowest BCUT2D eigenvalue weighted by molar-refractivity contribution is -0.116. The second-order valence-corrected chi connectivity index (χ2v) is 4.39. The molecule has 19 heavy (non-hydrogen) atoms. The van der Waals surface area contributed by atoms with Crippen molar-refractivity contribution in [1.82, 2.24) is 4.98 Å². The zero-order valence-electron chi connectivity index (χ0n) is 10.8. The van der Waals surface area contributed by atoms with E-state index in [1.54, 1.807) is 12.1 Å². The first-order valence-corrected chi connectivity index (χ1v) is 6.19. The van der Waals surface area contributed by atoms with Crippen molar-refractivity contribution in [2.75, 3.05) is 5.32 Å². The smallest absolute Gasteiger partial charge is 0.271 e. The standard InChI is InChI=1S/C15H16N2O2/c1-11-5-2-3-6-12(11)8-9-14(18)17-13-7-4-10-16-15(13)19/h2-7,10H,8-9H2,1H3,(H,16,19)(H,17,18). The van der Waals surface area contributed by atoms with Gasteiger partial charge in [0, 0.05) is 12.6 Å². The van der Waals surface area contributed by atoms with E-state index in [9.17, 15) is 9.59 Å². The number of benzene rings is 1. The molecule has 98 valence electrons. The van der Waals surface area contributed by atoms with Crippen LogP contribution in [0.25, 0.3) is 0 Å². The molecule has 0 unspecified atom stereocenters. The van der Waals surface area contributed by atoms with Crippen molar-refractivity contribution in [3.8, 4) is 0 Å². The molecule has 0 aliphatic carbocycles. The number of H-pyrrole nitrogens is 1. The number of pyridine rings is 1. The molecule has 2 aromatic rings. The van der Waals surface area contributed by atoms with E-state index in [4.69, 9.17) is 0 Å². The Labute approximate surface area is 111 Å². The number of aromatic amines is 1. The van der Waals surface area contributed by atoms with Crippen LogP contribution in [-0.4, -0.2) is 10.9 Å². The third-order valence-corrected chi connectivity index (χ3v) is 2.97. The molecule has 0 fully saturated rings. The van der Waals surface area contributed by atoms with Crippen molar-refractivity contribution < 1.29 is 4.79 Å². The van der Waals surface area contributed by atoms with Gasteiger partial charge in [-0.1, -0.05) is 24.3 Å². The summed E-state index contributed by atoms with van der Waals surface area (Å²) < 4.78 is 0. The summed E-state index contributed by atoms with van der Waals surface area (Å²) in [6.07, 6.45) is 2.56. The highest BCUT2D eigenvalue weighted by Crippen LogP contribution is 2.10. The van der Waals surface area contributed by atoms with Crippen molar-refractivity contribution >= 4 is 11.6 Å². The van der Waals surface area contributed by atoms with Crippen LogP contribution in [0.15, 0.2) is 47.4 Å². The Morgan fingerprint density at radius 3 is 2.74 bits per heavy atom. The van der Waals surface area contributed by atoms with Gasteiger partial charge in [-0.05, 0) is 36.6 Å². The van der Waals surface area contributed by atoms with E-state index in [2.05, 4.69) is 10.3 Å². The van der Waals surface area contributed by atoms with Crippen molar-refractivity contribution in [2.45, 2.75) is 19.8 Å². The number of rotatable bonds is 4. The van der Waals surface area contributed by atoms with E-state index in [0.717, 1.165) is 5.56 Å². The lowest BCUT2D eigenvalue weighted by Crippen LogP contribution is -2.19. The van der Waals surface area contributed by atoms with Crippen LogP contribution in [0.2, 0.25) is 0 Å². The molecule has 2 N–H and O–H groups in total. The van der Waals surface area contributed by atoms with Gasteiger partial charge in [-0.25, -0.2) is 0 Å². The average Bonchev–Trinajstić information content (AvgIpc) is 2.40. The quantitative estimate of drug-likeness (QED) is 0.881. The van der Waals surface area contributed by atoms with Crippen LogP contribution in [0.4, 0.5) is 5.69 Å². The second kappa shape index (κ2) is 6.00.